The molecule has 0 spiro atoms. The molecule has 0 radical (unpaired) electrons. The second-order valence-electron chi connectivity index (χ2n) is 7.64. The Morgan fingerprint density at radius 2 is 1.79 bits per heavy atom. The predicted octanol–water partition coefficient (Wildman–Crippen LogP) is 3.13. The molecule has 3 rings (SSSR count). The highest BCUT2D eigenvalue weighted by molar-refractivity contribution is 5.92. The monoisotopic (exact) mass is 326 g/mol. The van der Waals surface area contributed by atoms with Gasteiger partial charge in [0.05, 0.1) is 5.69 Å². The van der Waals surface area contributed by atoms with Crippen molar-refractivity contribution in [1.29, 1.82) is 0 Å². The van der Waals surface area contributed by atoms with Crippen LogP contribution in [0.15, 0.2) is 30.6 Å². The van der Waals surface area contributed by atoms with Crippen molar-refractivity contribution in [3.63, 3.8) is 0 Å². The van der Waals surface area contributed by atoms with E-state index in [-0.39, 0.29) is 11.3 Å². The molecule has 3 heterocycles. The number of hydrogen-bond acceptors (Lipinski definition) is 3. The molecule has 1 aliphatic rings. The van der Waals surface area contributed by atoms with Crippen molar-refractivity contribution in [2.45, 2.75) is 44.9 Å². The Bertz CT molecular complexity index is 707. The first-order valence-electron chi connectivity index (χ1n) is 8.60. The Hall–Kier alpha value is -2.17. The molecule has 128 valence electrons. The highest BCUT2D eigenvalue weighted by Gasteiger charge is 2.28. The topological polar surface area (TPSA) is 51.0 Å². The van der Waals surface area contributed by atoms with E-state index in [1.54, 1.807) is 4.68 Å². The van der Waals surface area contributed by atoms with Gasteiger partial charge in [0, 0.05) is 37.9 Å². The maximum atomic E-state index is 12.9. The van der Waals surface area contributed by atoms with Gasteiger partial charge in [-0.2, -0.15) is 5.10 Å². The molecule has 0 N–H and O–H groups in total. The van der Waals surface area contributed by atoms with Crippen LogP contribution in [-0.4, -0.2) is 38.7 Å². The fourth-order valence-electron chi connectivity index (χ4n) is 3.25. The second kappa shape index (κ2) is 6.38. The van der Waals surface area contributed by atoms with E-state index in [0.717, 1.165) is 31.6 Å². The van der Waals surface area contributed by atoms with E-state index in [2.05, 4.69) is 43.0 Å². The number of amides is 1. The molecular formula is C19H26N4O. The molecule has 0 bridgehead atoms. The number of rotatable bonds is 2. The molecule has 2 aromatic heterocycles. The van der Waals surface area contributed by atoms with Crippen molar-refractivity contribution in [3.8, 4) is 0 Å². The average Bonchev–Trinajstić information content (AvgIpc) is 2.97. The van der Waals surface area contributed by atoms with Gasteiger partial charge in [0.25, 0.3) is 5.91 Å². The highest BCUT2D eigenvalue weighted by Crippen LogP contribution is 2.28. The highest BCUT2D eigenvalue weighted by atomic mass is 16.2. The van der Waals surface area contributed by atoms with Gasteiger partial charge in [0.1, 0.15) is 5.69 Å². The van der Waals surface area contributed by atoms with Crippen molar-refractivity contribution in [2.24, 2.45) is 7.05 Å². The van der Waals surface area contributed by atoms with E-state index in [1.165, 1.54) is 5.56 Å². The van der Waals surface area contributed by atoms with Crippen molar-refractivity contribution >= 4 is 5.91 Å². The minimum Gasteiger partial charge on any atom is -0.337 e. The average molecular weight is 326 g/mol. The number of carbonyl (C=O) groups excluding carboxylic acids is 1. The van der Waals surface area contributed by atoms with Crippen LogP contribution in [0.25, 0.3) is 0 Å². The van der Waals surface area contributed by atoms with Crippen LogP contribution in [0.3, 0.4) is 0 Å². The molecule has 0 saturated carbocycles. The smallest absolute Gasteiger partial charge is 0.272 e. The number of aryl methyl sites for hydroxylation is 1. The predicted molar refractivity (Wildman–Crippen MR) is 94.0 cm³/mol. The number of likely N-dealkylation sites (tertiary alicyclic amines) is 1. The van der Waals surface area contributed by atoms with Crippen LogP contribution in [0.1, 0.15) is 61.3 Å². The van der Waals surface area contributed by atoms with Crippen molar-refractivity contribution in [2.75, 3.05) is 13.1 Å². The van der Waals surface area contributed by atoms with Crippen molar-refractivity contribution < 1.29 is 4.79 Å². The maximum Gasteiger partial charge on any atom is 0.272 e. The maximum absolute atomic E-state index is 12.9. The molecule has 1 aliphatic heterocycles. The van der Waals surface area contributed by atoms with E-state index in [4.69, 9.17) is 0 Å². The summed E-state index contributed by atoms with van der Waals surface area (Å²) in [7, 11) is 1.85. The minimum absolute atomic E-state index is 0.0510. The van der Waals surface area contributed by atoms with Gasteiger partial charge >= 0.3 is 0 Å². The van der Waals surface area contributed by atoms with Crippen LogP contribution >= 0.6 is 0 Å². The molecule has 1 saturated heterocycles. The van der Waals surface area contributed by atoms with Crippen LogP contribution in [0, 0.1) is 0 Å². The quantitative estimate of drug-likeness (QED) is 0.852. The first kappa shape index (κ1) is 16.7. The minimum atomic E-state index is -0.0510. The van der Waals surface area contributed by atoms with Gasteiger partial charge in [-0.3, -0.25) is 14.5 Å². The van der Waals surface area contributed by atoms with Gasteiger partial charge in [-0.05, 0) is 42.5 Å². The summed E-state index contributed by atoms with van der Waals surface area (Å²) in [6.45, 7) is 7.93. The molecule has 0 aromatic carbocycles. The van der Waals surface area contributed by atoms with Gasteiger partial charge in [0.2, 0.25) is 0 Å². The summed E-state index contributed by atoms with van der Waals surface area (Å²) >= 11 is 0. The lowest BCUT2D eigenvalue weighted by atomic mass is 9.90. The molecule has 1 fully saturated rings. The Morgan fingerprint density at radius 3 is 2.33 bits per heavy atom. The summed E-state index contributed by atoms with van der Waals surface area (Å²) in [5.74, 6) is 0.613. The number of piperidine rings is 1. The van der Waals surface area contributed by atoms with Crippen LogP contribution in [-0.2, 0) is 12.5 Å². The normalized spacial score (nSPS) is 16.4. The van der Waals surface area contributed by atoms with Gasteiger partial charge in [-0.25, -0.2) is 0 Å². The van der Waals surface area contributed by atoms with E-state index >= 15 is 0 Å². The fraction of sp³-hybridized carbons (Fsp3) is 0.526. The standard InChI is InChI=1S/C19H26N4O/c1-19(2,3)17-13-16(22(4)21-17)18(24)23-11-7-15(8-12-23)14-5-9-20-10-6-14/h5-6,9-10,13,15H,7-8,11-12H2,1-4H3. The lowest BCUT2D eigenvalue weighted by Gasteiger charge is -2.32. The molecule has 24 heavy (non-hydrogen) atoms. The molecule has 0 aliphatic carbocycles. The van der Waals surface area contributed by atoms with Crippen molar-refractivity contribution in [3.05, 3.63) is 47.5 Å². The fourth-order valence-corrected chi connectivity index (χ4v) is 3.25. The second-order valence-corrected chi connectivity index (χ2v) is 7.64. The molecule has 5 nitrogen and oxygen atoms in total. The van der Waals surface area contributed by atoms with Gasteiger partial charge in [-0.15, -0.1) is 0 Å². The van der Waals surface area contributed by atoms with Gasteiger partial charge in [-0.1, -0.05) is 20.8 Å². The molecule has 0 unspecified atom stereocenters. The zero-order chi connectivity index (χ0) is 17.3. The van der Waals surface area contributed by atoms with Crippen LogP contribution in [0.2, 0.25) is 0 Å². The molecule has 1 amide bonds. The van der Waals surface area contributed by atoms with Crippen molar-refractivity contribution in [1.82, 2.24) is 19.7 Å². The summed E-state index contributed by atoms with van der Waals surface area (Å²) in [5.41, 5.74) is 2.92. The van der Waals surface area contributed by atoms with Crippen LogP contribution in [0.5, 0.6) is 0 Å². The van der Waals surface area contributed by atoms with E-state index < -0.39 is 0 Å². The summed E-state index contributed by atoms with van der Waals surface area (Å²) in [6, 6.07) is 6.11. The zero-order valence-corrected chi connectivity index (χ0v) is 15.0. The molecular weight excluding hydrogens is 300 g/mol. The molecule has 2 aromatic rings. The third-order valence-corrected chi connectivity index (χ3v) is 4.83. The molecule has 0 atom stereocenters. The number of aromatic nitrogens is 3. The SMILES string of the molecule is Cn1nc(C(C)(C)C)cc1C(=O)N1CCC(c2ccncc2)CC1. The summed E-state index contributed by atoms with van der Waals surface area (Å²) < 4.78 is 1.72. The number of nitrogens with zero attached hydrogens (tertiary/aromatic N) is 4. The van der Waals surface area contributed by atoms with Crippen LogP contribution < -0.4 is 0 Å². The van der Waals surface area contributed by atoms with E-state index in [0.29, 0.717) is 11.6 Å². The third kappa shape index (κ3) is 3.35. The van der Waals surface area contributed by atoms with E-state index in [9.17, 15) is 4.79 Å². The Labute approximate surface area is 143 Å². The Morgan fingerprint density at radius 1 is 1.17 bits per heavy atom. The first-order valence-corrected chi connectivity index (χ1v) is 8.60. The largest absolute Gasteiger partial charge is 0.337 e. The molecule has 5 heteroatoms. The summed E-state index contributed by atoms with van der Waals surface area (Å²) in [5, 5.41) is 4.52. The summed E-state index contributed by atoms with van der Waals surface area (Å²) in [6.07, 6.45) is 5.69. The third-order valence-electron chi connectivity index (χ3n) is 4.83. The van der Waals surface area contributed by atoms with Crippen LogP contribution in [0.4, 0.5) is 0 Å². The number of hydrogen-bond donors (Lipinski definition) is 0. The Balaban J connectivity index is 1.69. The van der Waals surface area contributed by atoms with Gasteiger partial charge < -0.3 is 4.90 Å². The van der Waals surface area contributed by atoms with Gasteiger partial charge in [0.15, 0.2) is 0 Å². The zero-order valence-electron chi connectivity index (χ0n) is 15.0. The first-order chi connectivity index (χ1) is 11.4. The Kier molecular flexibility index (Phi) is 4.43. The number of pyridine rings is 1. The lowest BCUT2D eigenvalue weighted by molar-refractivity contribution is 0.0702. The number of carbonyl (C=O) groups is 1. The van der Waals surface area contributed by atoms with E-state index in [1.807, 2.05) is 30.4 Å². The lowest BCUT2D eigenvalue weighted by Crippen LogP contribution is -2.38. The summed E-state index contributed by atoms with van der Waals surface area (Å²) in [4.78, 5) is 18.9.